The van der Waals surface area contributed by atoms with Crippen LogP contribution in [0.2, 0.25) is 0 Å². The number of hydrogen-bond acceptors (Lipinski definition) is 8. The third kappa shape index (κ3) is 4.20. The Morgan fingerprint density at radius 3 is 2.77 bits per heavy atom. The first-order chi connectivity index (χ1) is 14.0. The summed E-state index contributed by atoms with van der Waals surface area (Å²) in [5, 5.41) is 5.11. The number of aromatic nitrogens is 4. The molecule has 0 spiro atoms. The zero-order valence-electron chi connectivity index (χ0n) is 15.7. The van der Waals surface area contributed by atoms with Crippen LogP contribution in [0.5, 0.6) is 0 Å². The molecule has 1 atom stereocenters. The minimum atomic E-state index is -4.63. The molecule has 30 heavy (non-hydrogen) atoms. The molecule has 4 rings (SSSR count). The number of alkyl halides is 3. The van der Waals surface area contributed by atoms with Gasteiger partial charge in [-0.25, -0.2) is 27.6 Å². The van der Waals surface area contributed by atoms with Gasteiger partial charge in [-0.1, -0.05) is 11.3 Å². The molecule has 14 heteroatoms. The molecule has 0 radical (unpaired) electrons. The number of piperidine rings is 1. The largest absolute Gasteiger partial charge is 0.419 e. The highest BCUT2D eigenvalue weighted by Crippen LogP contribution is 2.36. The van der Waals surface area contributed by atoms with Crippen molar-refractivity contribution in [1.82, 2.24) is 24.3 Å². The lowest BCUT2D eigenvalue weighted by molar-refractivity contribution is -0.137. The summed E-state index contributed by atoms with van der Waals surface area (Å²) in [6.07, 6.45) is 0.665. The zero-order valence-corrected chi connectivity index (χ0v) is 17.4. The Hall–Kier alpha value is -2.45. The number of hydrogen-bond donors (Lipinski definition) is 2. The van der Waals surface area contributed by atoms with E-state index in [1.54, 1.807) is 0 Å². The molecule has 3 aromatic rings. The zero-order chi connectivity index (χ0) is 21.7. The van der Waals surface area contributed by atoms with Gasteiger partial charge in [0, 0.05) is 30.9 Å². The highest BCUT2D eigenvalue weighted by molar-refractivity contribution is 7.88. The standard InChI is InChI=1S/C16H18F3N7O2S2/c1-30(27,28)24-10-3-2-4-25(8-10)15-23-26-12(7-22-14(26)29-15)9-5-11(16(17,18)19)13(20)21-6-9/h5-7,10,24H,2-4,8H2,1H3,(H2,20,21). The predicted molar refractivity (Wildman–Crippen MR) is 107 cm³/mol. The molecule has 3 aromatic heterocycles. The van der Waals surface area contributed by atoms with Crippen molar-refractivity contribution in [2.45, 2.75) is 25.1 Å². The molecule has 1 aliphatic rings. The summed E-state index contributed by atoms with van der Waals surface area (Å²) in [5.74, 6) is -0.594. The summed E-state index contributed by atoms with van der Waals surface area (Å²) >= 11 is 1.27. The fourth-order valence-electron chi connectivity index (χ4n) is 3.40. The first kappa shape index (κ1) is 20.8. The van der Waals surface area contributed by atoms with Gasteiger partial charge in [-0.15, -0.1) is 5.10 Å². The first-order valence-corrected chi connectivity index (χ1v) is 11.6. The van der Waals surface area contributed by atoms with Gasteiger partial charge >= 0.3 is 6.18 Å². The van der Waals surface area contributed by atoms with Gasteiger partial charge in [0.15, 0.2) is 0 Å². The van der Waals surface area contributed by atoms with Crippen LogP contribution in [0, 0.1) is 0 Å². The molecule has 0 bridgehead atoms. The smallest absolute Gasteiger partial charge is 0.383 e. The number of imidazole rings is 1. The van der Waals surface area contributed by atoms with Crippen LogP contribution in [-0.4, -0.2) is 53.4 Å². The van der Waals surface area contributed by atoms with Crippen molar-refractivity contribution < 1.29 is 21.6 Å². The van der Waals surface area contributed by atoms with E-state index in [-0.39, 0.29) is 11.6 Å². The molecule has 0 amide bonds. The Morgan fingerprint density at radius 2 is 2.07 bits per heavy atom. The second kappa shape index (κ2) is 7.35. The van der Waals surface area contributed by atoms with Crippen molar-refractivity contribution in [2.24, 2.45) is 0 Å². The number of nitrogen functional groups attached to an aromatic ring is 1. The SMILES string of the molecule is CS(=O)(=O)NC1CCCN(c2nn3c(-c4cnc(N)c(C(F)(F)F)c4)cnc3s2)C1. The van der Waals surface area contributed by atoms with Gasteiger partial charge in [-0.2, -0.15) is 13.2 Å². The molecule has 9 nitrogen and oxygen atoms in total. The number of anilines is 2. The third-order valence-corrected chi connectivity index (χ3v) is 6.41. The molecule has 4 heterocycles. The average molecular weight is 461 g/mol. The number of halogens is 3. The minimum Gasteiger partial charge on any atom is -0.383 e. The van der Waals surface area contributed by atoms with Gasteiger partial charge in [0.2, 0.25) is 20.1 Å². The number of sulfonamides is 1. The topological polar surface area (TPSA) is 119 Å². The van der Waals surface area contributed by atoms with Crippen molar-refractivity contribution in [1.29, 1.82) is 0 Å². The van der Waals surface area contributed by atoms with Crippen LogP contribution in [0.3, 0.4) is 0 Å². The van der Waals surface area contributed by atoms with Crippen molar-refractivity contribution in [3.63, 3.8) is 0 Å². The molecule has 1 saturated heterocycles. The first-order valence-electron chi connectivity index (χ1n) is 8.91. The molecule has 0 aromatic carbocycles. The average Bonchev–Trinajstić information content (AvgIpc) is 3.21. The summed E-state index contributed by atoms with van der Waals surface area (Å²) in [7, 11) is -3.33. The summed E-state index contributed by atoms with van der Waals surface area (Å²) in [6.45, 7) is 1.14. The summed E-state index contributed by atoms with van der Waals surface area (Å²) in [5.41, 5.74) is 4.91. The van der Waals surface area contributed by atoms with Crippen LogP contribution in [0.1, 0.15) is 18.4 Å². The van der Waals surface area contributed by atoms with Gasteiger partial charge in [-0.05, 0) is 18.9 Å². The molecule has 1 unspecified atom stereocenters. The lowest BCUT2D eigenvalue weighted by Gasteiger charge is -2.32. The number of pyridine rings is 1. The maximum atomic E-state index is 13.2. The summed E-state index contributed by atoms with van der Waals surface area (Å²) in [4.78, 5) is 10.4. The number of fused-ring (bicyclic) bond motifs is 1. The van der Waals surface area contributed by atoms with E-state index in [2.05, 4.69) is 19.8 Å². The molecule has 3 N–H and O–H groups in total. The monoisotopic (exact) mass is 461 g/mol. The van der Waals surface area contributed by atoms with Crippen molar-refractivity contribution in [2.75, 3.05) is 30.0 Å². The molecule has 1 aliphatic heterocycles. The number of nitrogens with one attached hydrogen (secondary N) is 1. The lowest BCUT2D eigenvalue weighted by atomic mass is 10.1. The second-order valence-corrected chi connectivity index (χ2v) is 9.77. The van der Waals surface area contributed by atoms with Gasteiger partial charge in [0.05, 0.1) is 23.7 Å². The Balaban J connectivity index is 1.65. The van der Waals surface area contributed by atoms with Gasteiger partial charge in [-0.3, -0.25) is 0 Å². The maximum absolute atomic E-state index is 13.2. The molecular formula is C16H18F3N7O2S2. The van der Waals surface area contributed by atoms with Crippen LogP contribution >= 0.6 is 11.3 Å². The van der Waals surface area contributed by atoms with Crippen molar-refractivity contribution in [3.05, 3.63) is 24.0 Å². The van der Waals surface area contributed by atoms with E-state index in [1.807, 2.05) is 4.90 Å². The maximum Gasteiger partial charge on any atom is 0.419 e. The number of nitrogens with zero attached hydrogens (tertiary/aromatic N) is 5. The van der Waals surface area contributed by atoms with E-state index in [4.69, 9.17) is 5.73 Å². The van der Waals surface area contributed by atoms with Crippen LogP contribution < -0.4 is 15.4 Å². The lowest BCUT2D eigenvalue weighted by Crippen LogP contribution is -2.47. The molecular weight excluding hydrogens is 443 g/mol. The Labute approximate surface area is 173 Å². The number of rotatable bonds is 4. The van der Waals surface area contributed by atoms with Crippen molar-refractivity contribution in [3.8, 4) is 11.3 Å². The van der Waals surface area contributed by atoms with Crippen LogP contribution in [0.15, 0.2) is 18.5 Å². The highest BCUT2D eigenvalue weighted by atomic mass is 32.2. The van der Waals surface area contributed by atoms with Crippen LogP contribution in [0.4, 0.5) is 24.1 Å². The van der Waals surface area contributed by atoms with Gasteiger partial charge < -0.3 is 10.6 Å². The molecule has 0 aliphatic carbocycles. The van der Waals surface area contributed by atoms with Crippen LogP contribution in [-0.2, 0) is 16.2 Å². The fraction of sp³-hybridized carbons (Fsp3) is 0.438. The molecule has 162 valence electrons. The highest BCUT2D eigenvalue weighted by Gasteiger charge is 2.34. The van der Waals surface area contributed by atoms with E-state index in [1.165, 1.54) is 28.2 Å². The van der Waals surface area contributed by atoms with Crippen LogP contribution in [0.25, 0.3) is 16.2 Å². The normalized spacial score (nSPS) is 18.3. The molecule has 0 saturated carbocycles. The van der Waals surface area contributed by atoms with Crippen molar-refractivity contribution >= 4 is 37.3 Å². The van der Waals surface area contributed by atoms with E-state index in [0.29, 0.717) is 35.3 Å². The summed E-state index contributed by atoms with van der Waals surface area (Å²) in [6, 6.07) is 0.692. The van der Waals surface area contributed by atoms with E-state index >= 15 is 0 Å². The Bertz CT molecular complexity index is 1190. The predicted octanol–water partition coefficient (Wildman–Crippen LogP) is 1.97. The second-order valence-electron chi connectivity index (χ2n) is 7.05. The van der Waals surface area contributed by atoms with E-state index in [0.717, 1.165) is 18.7 Å². The quantitative estimate of drug-likeness (QED) is 0.610. The molecule has 1 fully saturated rings. The van der Waals surface area contributed by atoms with E-state index in [9.17, 15) is 21.6 Å². The third-order valence-electron chi connectivity index (χ3n) is 4.67. The Morgan fingerprint density at radius 1 is 1.30 bits per heavy atom. The fourth-order valence-corrected chi connectivity index (χ4v) is 5.11. The minimum absolute atomic E-state index is 0.191. The van der Waals surface area contributed by atoms with Gasteiger partial charge in [0.25, 0.3) is 0 Å². The van der Waals surface area contributed by atoms with Gasteiger partial charge in [0.1, 0.15) is 5.82 Å². The Kier molecular flexibility index (Phi) is 5.10. The summed E-state index contributed by atoms with van der Waals surface area (Å²) < 4.78 is 66.6. The number of nitrogens with two attached hydrogens (primary N) is 1. The van der Waals surface area contributed by atoms with E-state index < -0.39 is 27.6 Å².